The molecule has 3 aromatic rings. The number of anilines is 1. The van der Waals surface area contributed by atoms with Crippen LogP contribution in [0.15, 0.2) is 104 Å². The van der Waals surface area contributed by atoms with Crippen LogP contribution in [-0.2, 0) is 0 Å². The molecule has 1 N–H and O–H groups in total. The Morgan fingerprint density at radius 1 is 1.03 bits per heavy atom. The van der Waals surface area contributed by atoms with Crippen molar-refractivity contribution in [3.8, 4) is 0 Å². The molecular formula is C29H25F2N3. The Labute approximate surface area is 198 Å². The van der Waals surface area contributed by atoms with Crippen LogP contribution in [0.1, 0.15) is 29.3 Å². The van der Waals surface area contributed by atoms with Crippen molar-refractivity contribution in [2.24, 2.45) is 0 Å². The number of halogens is 2. The standard InChI is InChI=1S/C29H25F2N3/c1-5-29-26(10-8-16-34(29)21(4)25-9-6-7-11-28(25)31)22-17-27(19(2)32-18-22)20(3)33-24-14-12-23(30)13-15-24/h5-18,33H,3-4H2,1-2H3/b29-5-. The lowest BCUT2D eigenvalue weighted by Gasteiger charge is -2.30. The van der Waals surface area contributed by atoms with E-state index in [0.29, 0.717) is 17.0 Å². The summed E-state index contributed by atoms with van der Waals surface area (Å²) in [4.78, 5) is 6.46. The maximum Gasteiger partial charge on any atom is 0.132 e. The summed E-state index contributed by atoms with van der Waals surface area (Å²) in [6.45, 7) is 12.2. The monoisotopic (exact) mass is 453 g/mol. The van der Waals surface area contributed by atoms with Crippen LogP contribution < -0.4 is 5.32 Å². The van der Waals surface area contributed by atoms with Crippen LogP contribution in [0.25, 0.3) is 17.0 Å². The Balaban J connectivity index is 1.65. The molecule has 0 saturated heterocycles. The van der Waals surface area contributed by atoms with Crippen molar-refractivity contribution < 1.29 is 8.78 Å². The summed E-state index contributed by atoms with van der Waals surface area (Å²) in [7, 11) is 0. The van der Waals surface area contributed by atoms with Gasteiger partial charge < -0.3 is 10.2 Å². The van der Waals surface area contributed by atoms with Crippen LogP contribution in [0.3, 0.4) is 0 Å². The third-order valence-corrected chi connectivity index (χ3v) is 5.64. The molecule has 5 heteroatoms. The molecule has 0 radical (unpaired) electrons. The highest BCUT2D eigenvalue weighted by atomic mass is 19.1. The minimum absolute atomic E-state index is 0.297. The quantitative estimate of drug-likeness (QED) is 0.418. The Hall–Kier alpha value is -4.25. The van der Waals surface area contributed by atoms with E-state index in [4.69, 9.17) is 0 Å². The maximum atomic E-state index is 14.4. The lowest BCUT2D eigenvalue weighted by atomic mass is 9.96. The zero-order valence-electron chi connectivity index (χ0n) is 19.1. The Morgan fingerprint density at radius 2 is 1.76 bits per heavy atom. The third kappa shape index (κ3) is 4.59. The van der Waals surface area contributed by atoms with E-state index < -0.39 is 0 Å². The molecular weight excluding hydrogens is 428 g/mol. The number of aryl methyl sites for hydroxylation is 1. The molecule has 0 fully saturated rings. The average molecular weight is 454 g/mol. The molecule has 0 amide bonds. The molecule has 2 heterocycles. The Morgan fingerprint density at radius 3 is 2.47 bits per heavy atom. The first-order chi connectivity index (χ1) is 16.4. The van der Waals surface area contributed by atoms with Crippen LogP contribution >= 0.6 is 0 Å². The minimum Gasteiger partial charge on any atom is -0.355 e. The Kier molecular flexibility index (Phi) is 6.55. The van der Waals surface area contributed by atoms with Gasteiger partial charge in [0.25, 0.3) is 0 Å². The second-order valence-corrected chi connectivity index (χ2v) is 7.86. The van der Waals surface area contributed by atoms with Crippen LogP contribution in [0.2, 0.25) is 0 Å². The van der Waals surface area contributed by atoms with Gasteiger partial charge in [-0.05, 0) is 62.4 Å². The SMILES string of the molecule is C=C(Nc1ccc(F)cc1)c1cc(C2=CC=CN(C(=C)c3ccccc3F)/C2=C\C)cnc1C. The molecule has 1 aromatic heterocycles. The predicted molar refractivity (Wildman–Crippen MR) is 136 cm³/mol. The van der Waals surface area contributed by atoms with Gasteiger partial charge in [-0.1, -0.05) is 37.4 Å². The topological polar surface area (TPSA) is 28.2 Å². The van der Waals surface area contributed by atoms with Gasteiger partial charge in [0.15, 0.2) is 0 Å². The van der Waals surface area contributed by atoms with Gasteiger partial charge in [-0.2, -0.15) is 0 Å². The molecule has 34 heavy (non-hydrogen) atoms. The fraction of sp³-hybridized carbons (Fsp3) is 0.0690. The largest absolute Gasteiger partial charge is 0.355 e. The number of hydrogen-bond donors (Lipinski definition) is 1. The van der Waals surface area contributed by atoms with E-state index in [-0.39, 0.29) is 11.6 Å². The first-order valence-corrected chi connectivity index (χ1v) is 10.9. The van der Waals surface area contributed by atoms with E-state index in [1.54, 1.807) is 30.3 Å². The lowest BCUT2D eigenvalue weighted by molar-refractivity contribution is 0.609. The average Bonchev–Trinajstić information content (AvgIpc) is 2.85. The highest BCUT2D eigenvalue weighted by Crippen LogP contribution is 2.36. The molecule has 1 aliphatic rings. The predicted octanol–water partition coefficient (Wildman–Crippen LogP) is 7.54. The van der Waals surface area contributed by atoms with Crippen molar-refractivity contribution in [1.29, 1.82) is 0 Å². The zero-order valence-corrected chi connectivity index (χ0v) is 19.1. The molecule has 1 aliphatic heterocycles. The molecule has 0 spiro atoms. The highest BCUT2D eigenvalue weighted by Gasteiger charge is 2.21. The van der Waals surface area contributed by atoms with E-state index >= 15 is 0 Å². The van der Waals surface area contributed by atoms with E-state index in [0.717, 1.165) is 33.8 Å². The molecule has 0 unspecified atom stereocenters. The van der Waals surface area contributed by atoms with Gasteiger partial charge in [-0.3, -0.25) is 4.98 Å². The molecule has 3 nitrogen and oxygen atoms in total. The number of allylic oxidation sites excluding steroid dienone is 4. The summed E-state index contributed by atoms with van der Waals surface area (Å²) in [5.41, 5.74) is 6.68. The number of aromatic nitrogens is 1. The molecule has 0 atom stereocenters. The van der Waals surface area contributed by atoms with E-state index in [2.05, 4.69) is 23.5 Å². The van der Waals surface area contributed by atoms with Crippen LogP contribution in [0, 0.1) is 18.6 Å². The van der Waals surface area contributed by atoms with Crippen molar-refractivity contribution in [3.05, 3.63) is 138 Å². The summed E-state index contributed by atoms with van der Waals surface area (Å²) in [5.74, 6) is -0.622. The van der Waals surface area contributed by atoms with Crippen LogP contribution in [0.5, 0.6) is 0 Å². The van der Waals surface area contributed by atoms with Crippen molar-refractivity contribution in [1.82, 2.24) is 9.88 Å². The van der Waals surface area contributed by atoms with Crippen molar-refractivity contribution in [3.63, 3.8) is 0 Å². The molecule has 0 saturated carbocycles. The first-order valence-electron chi connectivity index (χ1n) is 10.9. The second kappa shape index (κ2) is 9.71. The fourth-order valence-corrected chi connectivity index (χ4v) is 3.88. The smallest absolute Gasteiger partial charge is 0.132 e. The summed E-state index contributed by atoms with van der Waals surface area (Å²) < 4.78 is 27.7. The number of hydrogen-bond acceptors (Lipinski definition) is 3. The van der Waals surface area contributed by atoms with Crippen LogP contribution in [-0.4, -0.2) is 9.88 Å². The number of rotatable bonds is 6. The van der Waals surface area contributed by atoms with Gasteiger partial charge in [0, 0.05) is 63.1 Å². The van der Waals surface area contributed by atoms with Crippen molar-refractivity contribution in [2.45, 2.75) is 13.8 Å². The fourth-order valence-electron chi connectivity index (χ4n) is 3.88. The van der Waals surface area contributed by atoms with Gasteiger partial charge in [-0.25, -0.2) is 8.78 Å². The van der Waals surface area contributed by atoms with Crippen molar-refractivity contribution >= 4 is 22.7 Å². The number of pyridine rings is 1. The first kappa shape index (κ1) is 22.9. The number of nitrogens with zero attached hydrogens (tertiary/aromatic N) is 2. The van der Waals surface area contributed by atoms with E-state index in [1.807, 2.05) is 55.4 Å². The van der Waals surface area contributed by atoms with Gasteiger partial charge in [0.2, 0.25) is 0 Å². The second-order valence-electron chi connectivity index (χ2n) is 7.86. The third-order valence-electron chi connectivity index (χ3n) is 5.64. The van der Waals surface area contributed by atoms with Gasteiger partial charge in [-0.15, -0.1) is 0 Å². The van der Waals surface area contributed by atoms with Gasteiger partial charge >= 0.3 is 0 Å². The molecule has 170 valence electrons. The Bertz CT molecular complexity index is 1350. The molecule has 0 bridgehead atoms. The summed E-state index contributed by atoms with van der Waals surface area (Å²) in [6.07, 6.45) is 9.53. The maximum absolute atomic E-state index is 14.4. The molecule has 4 rings (SSSR count). The summed E-state index contributed by atoms with van der Waals surface area (Å²) in [6, 6.07) is 14.7. The zero-order chi connectivity index (χ0) is 24.2. The lowest BCUT2D eigenvalue weighted by Crippen LogP contribution is -2.18. The molecule has 2 aromatic carbocycles. The minimum atomic E-state index is -0.324. The van der Waals surface area contributed by atoms with E-state index in [9.17, 15) is 8.78 Å². The number of nitrogens with one attached hydrogen (secondary N) is 1. The highest BCUT2D eigenvalue weighted by molar-refractivity contribution is 5.86. The summed E-state index contributed by atoms with van der Waals surface area (Å²) >= 11 is 0. The van der Waals surface area contributed by atoms with E-state index in [1.165, 1.54) is 18.2 Å². The van der Waals surface area contributed by atoms with Gasteiger partial charge in [0.1, 0.15) is 11.6 Å². The van der Waals surface area contributed by atoms with Crippen LogP contribution in [0.4, 0.5) is 14.5 Å². The van der Waals surface area contributed by atoms with Crippen molar-refractivity contribution in [2.75, 3.05) is 5.32 Å². The number of benzene rings is 2. The normalized spacial score (nSPS) is 14.2. The summed E-state index contributed by atoms with van der Waals surface area (Å²) in [5, 5.41) is 3.22. The van der Waals surface area contributed by atoms with Gasteiger partial charge in [0.05, 0.1) is 0 Å². The molecule has 0 aliphatic carbocycles.